The number of hydrogen-bond donors (Lipinski definition) is 1. The van der Waals surface area contributed by atoms with E-state index in [2.05, 4.69) is 27.6 Å². The second kappa shape index (κ2) is 7.12. The van der Waals surface area contributed by atoms with Crippen molar-refractivity contribution < 1.29 is 9.53 Å². The summed E-state index contributed by atoms with van der Waals surface area (Å²) >= 11 is 1.33. The molecule has 1 amide bonds. The predicted octanol–water partition coefficient (Wildman–Crippen LogP) is 2.56. The van der Waals surface area contributed by atoms with Crippen LogP contribution in [0.3, 0.4) is 0 Å². The first-order valence-corrected chi connectivity index (χ1v) is 7.16. The maximum Gasteiger partial charge on any atom is 0.226 e. The number of hydrogen-bond acceptors (Lipinski definition) is 5. The molecule has 1 heterocycles. The van der Waals surface area contributed by atoms with E-state index in [0.29, 0.717) is 18.2 Å². The second-order valence-corrected chi connectivity index (χ2v) is 5.53. The van der Waals surface area contributed by atoms with Crippen LogP contribution in [0.5, 0.6) is 0 Å². The van der Waals surface area contributed by atoms with E-state index in [0.717, 1.165) is 17.0 Å². The van der Waals surface area contributed by atoms with Gasteiger partial charge in [-0.1, -0.05) is 41.2 Å². The number of ether oxygens (including phenoxy) is 1. The molecule has 1 aromatic heterocycles. The van der Waals surface area contributed by atoms with Gasteiger partial charge in [0.1, 0.15) is 11.6 Å². The summed E-state index contributed by atoms with van der Waals surface area (Å²) in [6.45, 7) is 2.46. The van der Waals surface area contributed by atoms with Gasteiger partial charge in [-0.05, 0) is 18.9 Å². The average molecular weight is 291 g/mol. The van der Waals surface area contributed by atoms with E-state index in [1.54, 1.807) is 7.11 Å². The molecular weight excluding hydrogens is 274 g/mol. The van der Waals surface area contributed by atoms with Crippen molar-refractivity contribution in [2.75, 3.05) is 12.4 Å². The first kappa shape index (κ1) is 14.6. The maximum atomic E-state index is 11.8. The van der Waals surface area contributed by atoms with Crippen LogP contribution < -0.4 is 5.32 Å². The highest BCUT2D eigenvalue weighted by Gasteiger charge is 2.08. The van der Waals surface area contributed by atoms with Gasteiger partial charge in [-0.25, -0.2) is 0 Å². The first-order chi connectivity index (χ1) is 9.67. The van der Waals surface area contributed by atoms with Crippen LogP contribution in [-0.4, -0.2) is 23.2 Å². The summed E-state index contributed by atoms with van der Waals surface area (Å²) in [4.78, 5) is 11.8. The lowest BCUT2D eigenvalue weighted by molar-refractivity contribution is -0.116. The van der Waals surface area contributed by atoms with Crippen molar-refractivity contribution in [3.8, 4) is 0 Å². The number of nitrogens with one attached hydrogen (secondary N) is 1. The fourth-order valence-electron chi connectivity index (χ4n) is 1.68. The zero-order chi connectivity index (χ0) is 14.4. The third-order valence-corrected chi connectivity index (χ3v) is 3.55. The Morgan fingerprint density at radius 3 is 2.75 bits per heavy atom. The van der Waals surface area contributed by atoms with Gasteiger partial charge in [0.15, 0.2) is 0 Å². The third-order valence-electron chi connectivity index (χ3n) is 2.74. The van der Waals surface area contributed by atoms with Crippen molar-refractivity contribution in [3.63, 3.8) is 0 Å². The highest BCUT2D eigenvalue weighted by Crippen LogP contribution is 2.16. The maximum absolute atomic E-state index is 11.8. The summed E-state index contributed by atoms with van der Waals surface area (Å²) in [5.74, 6) is -0.0503. The molecule has 0 saturated carbocycles. The smallest absolute Gasteiger partial charge is 0.226 e. The van der Waals surface area contributed by atoms with Crippen molar-refractivity contribution in [2.45, 2.75) is 26.4 Å². The van der Waals surface area contributed by atoms with Gasteiger partial charge in [-0.15, -0.1) is 10.2 Å². The van der Waals surface area contributed by atoms with Gasteiger partial charge < -0.3 is 10.1 Å². The van der Waals surface area contributed by atoms with Crippen molar-refractivity contribution in [3.05, 3.63) is 40.4 Å². The van der Waals surface area contributed by atoms with Crippen molar-refractivity contribution in [1.29, 1.82) is 0 Å². The lowest BCUT2D eigenvalue weighted by atomic mass is 10.1. The van der Waals surface area contributed by atoms with Crippen LogP contribution in [0.4, 0.5) is 5.13 Å². The Hall–Kier alpha value is -1.79. The Kier molecular flexibility index (Phi) is 5.20. The monoisotopic (exact) mass is 291 g/mol. The van der Waals surface area contributed by atoms with Gasteiger partial charge in [0.25, 0.3) is 0 Å². The Morgan fingerprint density at radius 1 is 1.30 bits per heavy atom. The zero-order valence-corrected chi connectivity index (χ0v) is 12.4. The summed E-state index contributed by atoms with van der Waals surface area (Å²) in [6, 6.07) is 8.19. The molecule has 0 atom stereocenters. The van der Waals surface area contributed by atoms with Crippen molar-refractivity contribution in [2.24, 2.45) is 0 Å². The van der Waals surface area contributed by atoms with Crippen LogP contribution in [0.1, 0.15) is 22.6 Å². The van der Waals surface area contributed by atoms with Gasteiger partial charge in [0, 0.05) is 13.5 Å². The molecule has 0 spiro atoms. The number of anilines is 1. The molecule has 0 unspecified atom stereocenters. The number of amides is 1. The second-order valence-electron chi connectivity index (χ2n) is 4.47. The van der Waals surface area contributed by atoms with E-state index in [1.165, 1.54) is 16.9 Å². The fourth-order valence-corrected chi connectivity index (χ4v) is 2.41. The number of nitrogens with zero attached hydrogens (tertiary/aromatic N) is 2. The summed E-state index contributed by atoms with van der Waals surface area (Å²) in [7, 11) is 1.60. The van der Waals surface area contributed by atoms with Gasteiger partial charge >= 0.3 is 0 Å². The van der Waals surface area contributed by atoms with E-state index >= 15 is 0 Å². The molecule has 1 aromatic carbocycles. The number of carbonyl (C=O) groups is 1. The molecular formula is C14H17N3O2S. The van der Waals surface area contributed by atoms with Gasteiger partial charge in [0.05, 0.1) is 0 Å². The normalized spacial score (nSPS) is 10.5. The van der Waals surface area contributed by atoms with E-state index < -0.39 is 0 Å². The minimum atomic E-state index is -0.0503. The lowest BCUT2D eigenvalue weighted by Crippen LogP contribution is -2.12. The Bertz CT molecular complexity index is 566. The molecule has 106 valence electrons. The molecule has 0 aliphatic carbocycles. The summed E-state index contributed by atoms with van der Waals surface area (Å²) < 4.78 is 4.96. The lowest BCUT2D eigenvalue weighted by Gasteiger charge is -2.02. The van der Waals surface area contributed by atoms with Crippen LogP contribution >= 0.6 is 11.3 Å². The van der Waals surface area contributed by atoms with E-state index in [4.69, 9.17) is 4.74 Å². The summed E-state index contributed by atoms with van der Waals surface area (Å²) in [5.41, 5.74) is 2.38. The summed E-state index contributed by atoms with van der Waals surface area (Å²) in [5, 5.41) is 11.8. The van der Waals surface area contributed by atoms with E-state index in [1.807, 2.05) is 19.1 Å². The molecule has 1 N–H and O–H groups in total. The fraction of sp³-hybridized carbons (Fsp3) is 0.357. The zero-order valence-electron chi connectivity index (χ0n) is 11.5. The minimum Gasteiger partial charge on any atom is -0.377 e. The molecule has 6 heteroatoms. The number of methoxy groups -OCH3 is 1. The highest BCUT2D eigenvalue weighted by atomic mass is 32.1. The minimum absolute atomic E-state index is 0.0503. The Labute approximate surface area is 122 Å². The van der Waals surface area contributed by atoms with Gasteiger partial charge in [0.2, 0.25) is 11.0 Å². The highest BCUT2D eigenvalue weighted by molar-refractivity contribution is 7.15. The molecule has 20 heavy (non-hydrogen) atoms. The number of rotatable bonds is 6. The first-order valence-electron chi connectivity index (χ1n) is 6.34. The molecule has 0 fully saturated rings. The third kappa shape index (κ3) is 4.40. The molecule has 5 nitrogen and oxygen atoms in total. The molecule has 0 aliphatic heterocycles. The predicted molar refractivity (Wildman–Crippen MR) is 78.8 cm³/mol. The largest absolute Gasteiger partial charge is 0.377 e. The van der Waals surface area contributed by atoms with Crippen molar-refractivity contribution in [1.82, 2.24) is 10.2 Å². The molecule has 0 radical (unpaired) electrons. The SMILES string of the molecule is COCc1nnc(NC(=O)CCc2ccc(C)cc2)s1. The molecule has 0 aliphatic rings. The van der Waals surface area contributed by atoms with E-state index in [9.17, 15) is 4.79 Å². The number of benzene rings is 1. The standard InChI is InChI=1S/C14H17N3O2S/c1-10-3-5-11(6-4-10)7-8-12(18)15-14-17-16-13(20-14)9-19-2/h3-6H,7-9H2,1-2H3,(H,15,17,18). The van der Waals surface area contributed by atoms with Crippen molar-refractivity contribution >= 4 is 22.4 Å². The molecule has 2 rings (SSSR count). The van der Waals surface area contributed by atoms with Gasteiger partial charge in [-0.2, -0.15) is 0 Å². The summed E-state index contributed by atoms with van der Waals surface area (Å²) in [6.07, 6.45) is 1.15. The van der Waals surface area contributed by atoms with Crippen LogP contribution in [0, 0.1) is 6.92 Å². The average Bonchev–Trinajstić information content (AvgIpc) is 2.86. The molecule has 0 saturated heterocycles. The quantitative estimate of drug-likeness (QED) is 0.888. The molecule has 0 bridgehead atoms. The number of aryl methyl sites for hydroxylation is 2. The van der Waals surface area contributed by atoms with Gasteiger partial charge in [-0.3, -0.25) is 4.79 Å². The topological polar surface area (TPSA) is 64.1 Å². The number of aromatic nitrogens is 2. The van der Waals surface area contributed by atoms with Crippen LogP contribution in [-0.2, 0) is 22.6 Å². The van der Waals surface area contributed by atoms with Crippen LogP contribution in [0.15, 0.2) is 24.3 Å². The van der Waals surface area contributed by atoms with Crippen LogP contribution in [0.25, 0.3) is 0 Å². The van der Waals surface area contributed by atoms with Crippen LogP contribution in [0.2, 0.25) is 0 Å². The van der Waals surface area contributed by atoms with E-state index in [-0.39, 0.29) is 5.91 Å². The number of carbonyl (C=O) groups excluding carboxylic acids is 1. The molecule has 2 aromatic rings. The Morgan fingerprint density at radius 2 is 2.05 bits per heavy atom. The Balaban J connectivity index is 1.81.